The van der Waals surface area contributed by atoms with E-state index in [1.165, 1.54) is 18.2 Å². The molecule has 2 heterocycles. The van der Waals surface area contributed by atoms with Crippen molar-refractivity contribution in [2.24, 2.45) is 5.92 Å². The summed E-state index contributed by atoms with van der Waals surface area (Å²) in [5.74, 6) is -0.231. The molecule has 1 aromatic carbocycles. The maximum Gasteiger partial charge on any atom is 0.573 e. The fourth-order valence-electron chi connectivity index (χ4n) is 5.16. The number of hydrogen-bond donors (Lipinski definition) is 2. The van der Waals surface area contributed by atoms with Crippen LogP contribution in [0.4, 0.5) is 30.6 Å². The molecule has 1 saturated carbocycles. The lowest BCUT2D eigenvalue weighted by Crippen LogP contribution is -2.58. The number of nitro groups is 1. The lowest BCUT2D eigenvalue weighted by atomic mass is 9.83. The number of nitrogens with one attached hydrogen (secondary N) is 2. The maximum atomic E-state index is 12.7. The van der Waals surface area contributed by atoms with Gasteiger partial charge in [0.05, 0.1) is 4.92 Å². The van der Waals surface area contributed by atoms with Gasteiger partial charge in [-0.05, 0) is 64.9 Å². The number of anilines is 2. The van der Waals surface area contributed by atoms with Gasteiger partial charge in [-0.15, -0.1) is 13.2 Å². The first-order valence-corrected chi connectivity index (χ1v) is 13.6. The van der Waals surface area contributed by atoms with E-state index in [4.69, 9.17) is 4.74 Å². The van der Waals surface area contributed by atoms with Crippen molar-refractivity contribution in [3.63, 3.8) is 0 Å². The molecular formula is C27H35F3N6O5. The molecule has 0 spiro atoms. The lowest BCUT2D eigenvalue weighted by Gasteiger charge is -2.47. The first-order valence-electron chi connectivity index (χ1n) is 13.6. The topological polar surface area (TPSA) is 132 Å². The third kappa shape index (κ3) is 8.41. The Balaban J connectivity index is 1.32. The van der Waals surface area contributed by atoms with Gasteiger partial charge in [-0.25, -0.2) is 4.98 Å². The maximum absolute atomic E-state index is 12.7. The van der Waals surface area contributed by atoms with Crippen LogP contribution in [-0.2, 0) is 16.1 Å². The molecular weight excluding hydrogens is 545 g/mol. The summed E-state index contributed by atoms with van der Waals surface area (Å²) in [6.07, 6.45) is 0.599. The Morgan fingerprint density at radius 2 is 1.83 bits per heavy atom. The molecule has 224 valence electrons. The summed E-state index contributed by atoms with van der Waals surface area (Å²) in [5.41, 5.74) is -0.605. The second kappa shape index (κ2) is 12.5. The summed E-state index contributed by atoms with van der Waals surface area (Å²) >= 11 is 0. The largest absolute Gasteiger partial charge is 0.573 e. The van der Waals surface area contributed by atoms with Crippen molar-refractivity contribution in [1.82, 2.24) is 14.9 Å². The summed E-state index contributed by atoms with van der Waals surface area (Å²) < 4.78 is 47.8. The number of rotatable bonds is 10. The highest BCUT2D eigenvalue weighted by molar-refractivity contribution is 5.77. The number of nitrogens with zero attached hydrogens (tertiary/aromatic N) is 4. The van der Waals surface area contributed by atoms with Crippen molar-refractivity contribution in [2.45, 2.75) is 83.5 Å². The Bertz CT molecular complexity index is 1230. The number of para-hydroxylation sites is 1. The van der Waals surface area contributed by atoms with Crippen LogP contribution in [0.3, 0.4) is 0 Å². The van der Waals surface area contributed by atoms with E-state index in [-0.39, 0.29) is 53.2 Å². The zero-order valence-electron chi connectivity index (χ0n) is 23.2. The standard InChI is InChI=1S/C27H35F3N6O5/c1-26(2,3)41-24(37)20-12-13-35(20)19-10-8-17(9-11-19)14-31-23-21(36(38)39)16-33-25(34-23)32-15-18-6-4-5-7-22(18)40-27(28,29)30/h4-7,16-17,19-20H,8-15H2,1-3H3,(H2,31,32,33,34)/t17-,19-,20?. The Kier molecular flexibility index (Phi) is 9.20. The quantitative estimate of drug-likeness (QED) is 0.217. The predicted octanol–water partition coefficient (Wildman–Crippen LogP) is 5.28. The molecule has 14 heteroatoms. The number of ether oxygens (including phenoxy) is 2. The summed E-state index contributed by atoms with van der Waals surface area (Å²) in [7, 11) is 0. The molecule has 0 amide bonds. The van der Waals surface area contributed by atoms with Crippen molar-refractivity contribution in [3.05, 3.63) is 46.1 Å². The van der Waals surface area contributed by atoms with Crippen molar-refractivity contribution in [2.75, 3.05) is 23.7 Å². The third-order valence-corrected chi connectivity index (χ3v) is 7.18. The molecule has 0 bridgehead atoms. The number of likely N-dealkylation sites (tertiary alicyclic amines) is 1. The smallest absolute Gasteiger partial charge is 0.459 e. The van der Waals surface area contributed by atoms with Crippen LogP contribution in [0.1, 0.15) is 58.4 Å². The van der Waals surface area contributed by atoms with Gasteiger partial charge in [0, 0.05) is 31.2 Å². The van der Waals surface area contributed by atoms with Gasteiger partial charge >= 0.3 is 18.0 Å². The van der Waals surface area contributed by atoms with Gasteiger partial charge in [0.2, 0.25) is 11.8 Å². The molecule has 11 nitrogen and oxygen atoms in total. The number of carbonyl (C=O) groups is 1. The first kappa shape index (κ1) is 30.3. The highest BCUT2D eigenvalue weighted by Crippen LogP contribution is 2.34. The van der Waals surface area contributed by atoms with Gasteiger partial charge in [-0.2, -0.15) is 4.98 Å². The zero-order chi connectivity index (χ0) is 29.8. The molecule has 1 atom stereocenters. The Morgan fingerprint density at radius 3 is 2.44 bits per heavy atom. The van der Waals surface area contributed by atoms with E-state index in [2.05, 4.69) is 30.2 Å². The predicted molar refractivity (Wildman–Crippen MR) is 144 cm³/mol. The molecule has 2 N–H and O–H groups in total. The summed E-state index contributed by atoms with van der Waals surface area (Å²) in [5, 5.41) is 17.5. The van der Waals surface area contributed by atoms with Crippen LogP contribution >= 0.6 is 0 Å². The third-order valence-electron chi connectivity index (χ3n) is 7.18. The molecule has 2 fully saturated rings. The molecule has 41 heavy (non-hydrogen) atoms. The average Bonchev–Trinajstić information content (AvgIpc) is 2.85. The molecule has 1 aliphatic carbocycles. The van der Waals surface area contributed by atoms with Crippen LogP contribution in [0, 0.1) is 16.0 Å². The fraction of sp³-hybridized carbons (Fsp3) is 0.593. The van der Waals surface area contributed by atoms with E-state index in [1.54, 1.807) is 6.07 Å². The van der Waals surface area contributed by atoms with Gasteiger partial charge < -0.3 is 20.1 Å². The highest BCUT2D eigenvalue weighted by atomic mass is 19.4. The fourth-order valence-corrected chi connectivity index (χ4v) is 5.16. The minimum Gasteiger partial charge on any atom is -0.459 e. The molecule has 1 aromatic heterocycles. The van der Waals surface area contributed by atoms with E-state index < -0.39 is 16.9 Å². The Morgan fingerprint density at radius 1 is 1.12 bits per heavy atom. The van der Waals surface area contributed by atoms with Crippen LogP contribution in [0.25, 0.3) is 0 Å². The van der Waals surface area contributed by atoms with Crippen molar-refractivity contribution in [3.8, 4) is 5.75 Å². The van der Waals surface area contributed by atoms with E-state index in [9.17, 15) is 28.1 Å². The lowest BCUT2D eigenvalue weighted by molar-refractivity contribution is -0.384. The average molecular weight is 581 g/mol. The van der Waals surface area contributed by atoms with E-state index >= 15 is 0 Å². The second-order valence-corrected chi connectivity index (χ2v) is 11.3. The van der Waals surface area contributed by atoms with Crippen molar-refractivity contribution in [1.29, 1.82) is 0 Å². The molecule has 1 unspecified atom stereocenters. The van der Waals surface area contributed by atoms with E-state index in [0.717, 1.165) is 44.8 Å². The zero-order valence-corrected chi connectivity index (χ0v) is 23.2. The number of benzene rings is 1. The van der Waals surface area contributed by atoms with Crippen LogP contribution in [0.15, 0.2) is 30.5 Å². The highest BCUT2D eigenvalue weighted by Gasteiger charge is 2.42. The number of halogens is 3. The first-order chi connectivity index (χ1) is 19.3. The van der Waals surface area contributed by atoms with Crippen LogP contribution in [0.5, 0.6) is 5.75 Å². The molecule has 4 rings (SSSR count). The number of aromatic nitrogens is 2. The monoisotopic (exact) mass is 580 g/mol. The van der Waals surface area contributed by atoms with Crippen LogP contribution < -0.4 is 15.4 Å². The molecule has 2 aliphatic rings. The van der Waals surface area contributed by atoms with Crippen molar-refractivity contribution >= 4 is 23.4 Å². The summed E-state index contributed by atoms with van der Waals surface area (Å²) in [6.45, 7) is 6.82. The molecule has 2 aromatic rings. The summed E-state index contributed by atoms with van der Waals surface area (Å²) in [4.78, 5) is 33.9. The normalized spacial score (nSPS) is 21.5. The SMILES string of the molecule is CC(C)(C)OC(=O)C1CCN1[C@H]1CC[C@H](CNc2nc(NCc3ccccc3OC(F)(F)F)ncc2[N+](=O)[O-])CC1. The van der Waals surface area contributed by atoms with Crippen LogP contribution in [0.2, 0.25) is 0 Å². The van der Waals surface area contributed by atoms with Crippen LogP contribution in [-0.4, -0.2) is 62.9 Å². The van der Waals surface area contributed by atoms with Gasteiger partial charge in [0.25, 0.3) is 0 Å². The van der Waals surface area contributed by atoms with Gasteiger partial charge in [-0.3, -0.25) is 19.8 Å². The van der Waals surface area contributed by atoms with Gasteiger partial charge in [0.1, 0.15) is 23.6 Å². The van der Waals surface area contributed by atoms with Crippen molar-refractivity contribution < 1.29 is 32.4 Å². The number of alkyl halides is 3. The Hall–Kier alpha value is -3.68. The Labute approximate surface area is 236 Å². The number of carbonyl (C=O) groups excluding carboxylic acids is 1. The summed E-state index contributed by atoms with van der Waals surface area (Å²) in [6, 6.07) is 5.75. The number of esters is 1. The number of hydrogen-bond acceptors (Lipinski definition) is 10. The minimum absolute atomic E-state index is 0.0228. The minimum atomic E-state index is -4.84. The molecule has 0 radical (unpaired) electrons. The molecule has 1 aliphatic heterocycles. The van der Waals surface area contributed by atoms with Gasteiger partial charge in [0.15, 0.2) is 0 Å². The second-order valence-electron chi connectivity index (χ2n) is 11.3. The molecule has 1 saturated heterocycles. The van der Waals surface area contributed by atoms with E-state index in [0.29, 0.717) is 12.6 Å². The van der Waals surface area contributed by atoms with E-state index in [1.807, 2.05) is 20.8 Å². The van der Waals surface area contributed by atoms with Gasteiger partial charge in [-0.1, -0.05) is 18.2 Å².